The third-order valence-electron chi connectivity index (χ3n) is 1.80. The molecule has 1 aromatic rings. The number of pyridine rings is 1. The molecule has 1 atom stereocenters. The lowest BCUT2D eigenvalue weighted by Gasteiger charge is -1.98. The second kappa shape index (κ2) is 2.27. The van der Waals surface area contributed by atoms with Crippen LogP contribution in [-0.4, -0.2) is 10.7 Å². The molecule has 0 bridgehead atoms. The lowest BCUT2D eigenvalue weighted by molar-refractivity contribution is 0.863. The van der Waals surface area contributed by atoms with Crippen molar-refractivity contribution < 1.29 is 0 Å². The smallest absolute Gasteiger partial charge is 0.0995 e. The maximum atomic E-state index is 4.27. The Kier molecular flexibility index (Phi) is 1.42. The first-order valence-corrected chi connectivity index (χ1v) is 4.44. The molecular formula is C8H9NS. The Hall–Kier alpha value is -0.500. The quantitative estimate of drug-likeness (QED) is 0.564. The van der Waals surface area contributed by atoms with E-state index in [1.165, 1.54) is 16.3 Å². The van der Waals surface area contributed by atoms with Crippen LogP contribution in [0.15, 0.2) is 23.4 Å². The molecule has 0 saturated heterocycles. The molecule has 0 fully saturated rings. The van der Waals surface area contributed by atoms with Gasteiger partial charge >= 0.3 is 0 Å². The number of hydrogen-bond donors (Lipinski definition) is 0. The second-order valence-corrected chi connectivity index (χ2v) is 3.62. The maximum Gasteiger partial charge on any atom is 0.0995 e. The van der Waals surface area contributed by atoms with Gasteiger partial charge < -0.3 is 0 Å². The van der Waals surface area contributed by atoms with Crippen LogP contribution in [-0.2, 0) is 0 Å². The van der Waals surface area contributed by atoms with Crippen molar-refractivity contribution in [2.45, 2.75) is 17.9 Å². The highest BCUT2D eigenvalue weighted by molar-refractivity contribution is 7.99. The fourth-order valence-electron chi connectivity index (χ4n) is 1.19. The van der Waals surface area contributed by atoms with Gasteiger partial charge in [-0.05, 0) is 17.5 Å². The Bertz CT molecular complexity index is 247. The van der Waals surface area contributed by atoms with Crippen molar-refractivity contribution in [3.8, 4) is 0 Å². The first kappa shape index (κ1) is 6.23. The van der Waals surface area contributed by atoms with Crippen LogP contribution in [0.25, 0.3) is 0 Å². The van der Waals surface area contributed by atoms with E-state index in [0.717, 1.165) is 0 Å². The molecule has 1 aliphatic heterocycles. The summed E-state index contributed by atoms with van der Waals surface area (Å²) in [4.78, 5) is 4.27. The van der Waals surface area contributed by atoms with Crippen molar-refractivity contribution >= 4 is 11.8 Å². The zero-order valence-electron chi connectivity index (χ0n) is 5.87. The molecule has 0 radical (unpaired) electrons. The highest BCUT2D eigenvalue weighted by Crippen LogP contribution is 2.36. The number of fused-ring (bicyclic) bond motifs is 1. The average molecular weight is 151 g/mol. The SMILES string of the molecule is CC1CSc2ncccc21. The van der Waals surface area contributed by atoms with Gasteiger partial charge in [-0.2, -0.15) is 0 Å². The summed E-state index contributed by atoms with van der Waals surface area (Å²) in [6, 6.07) is 4.19. The van der Waals surface area contributed by atoms with Crippen LogP contribution < -0.4 is 0 Å². The summed E-state index contributed by atoms with van der Waals surface area (Å²) in [5.41, 5.74) is 1.42. The maximum absolute atomic E-state index is 4.27. The van der Waals surface area contributed by atoms with Crippen LogP contribution in [0.2, 0.25) is 0 Å². The van der Waals surface area contributed by atoms with Gasteiger partial charge in [-0.3, -0.25) is 0 Å². The Morgan fingerprint density at radius 1 is 1.70 bits per heavy atom. The number of thioether (sulfide) groups is 1. The minimum absolute atomic E-state index is 0.702. The van der Waals surface area contributed by atoms with Crippen LogP contribution >= 0.6 is 11.8 Å². The molecule has 1 unspecified atom stereocenters. The predicted molar refractivity (Wildman–Crippen MR) is 43.4 cm³/mol. The summed E-state index contributed by atoms with van der Waals surface area (Å²) in [5.74, 6) is 1.90. The van der Waals surface area contributed by atoms with Gasteiger partial charge in [-0.25, -0.2) is 4.98 Å². The number of aromatic nitrogens is 1. The summed E-state index contributed by atoms with van der Waals surface area (Å²) in [6.45, 7) is 2.25. The zero-order chi connectivity index (χ0) is 6.97. The zero-order valence-corrected chi connectivity index (χ0v) is 6.69. The van der Waals surface area contributed by atoms with Gasteiger partial charge in [0.25, 0.3) is 0 Å². The Balaban J connectivity index is 2.51. The summed E-state index contributed by atoms with van der Waals surface area (Å²) in [6.07, 6.45) is 1.86. The van der Waals surface area contributed by atoms with Gasteiger partial charge in [-0.15, -0.1) is 11.8 Å². The summed E-state index contributed by atoms with van der Waals surface area (Å²) in [7, 11) is 0. The first-order valence-electron chi connectivity index (χ1n) is 3.45. The molecule has 2 heterocycles. The molecule has 2 rings (SSSR count). The highest BCUT2D eigenvalue weighted by Gasteiger charge is 2.18. The van der Waals surface area contributed by atoms with Crippen molar-refractivity contribution in [2.24, 2.45) is 0 Å². The van der Waals surface area contributed by atoms with E-state index in [4.69, 9.17) is 0 Å². The molecule has 0 spiro atoms. The third-order valence-corrected chi connectivity index (χ3v) is 3.08. The van der Waals surface area contributed by atoms with Crippen LogP contribution in [0, 0.1) is 0 Å². The van der Waals surface area contributed by atoms with E-state index >= 15 is 0 Å². The summed E-state index contributed by atoms with van der Waals surface area (Å²) in [5, 5.41) is 1.23. The molecule has 10 heavy (non-hydrogen) atoms. The Labute approximate surface area is 64.9 Å². The van der Waals surface area contributed by atoms with Crippen LogP contribution in [0.4, 0.5) is 0 Å². The van der Waals surface area contributed by atoms with Crippen molar-refractivity contribution in [3.63, 3.8) is 0 Å². The van der Waals surface area contributed by atoms with Crippen molar-refractivity contribution in [3.05, 3.63) is 23.9 Å². The molecule has 2 heteroatoms. The molecule has 0 amide bonds. The Morgan fingerprint density at radius 2 is 2.60 bits per heavy atom. The standard InChI is InChI=1S/C8H9NS/c1-6-5-10-8-7(6)3-2-4-9-8/h2-4,6H,5H2,1H3. The van der Waals surface area contributed by atoms with E-state index < -0.39 is 0 Å². The van der Waals surface area contributed by atoms with Crippen LogP contribution in [0.1, 0.15) is 18.4 Å². The van der Waals surface area contributed by atoms with Crippen molar-refractivity contribution in [1.29, 1.82) is 0 Å². The fraction of sp³-hybridized carbons (Fsp3) is 0.375. The lowest BCUT2D eigenvalue weighted by atomic mass is 10.1. The van der Waals surface area contributed by atoms with Gasteiger partial charge in [0.2, 0.25) is 0 Å². The van der Waals surface area contributed by atoms with Gasteiger partial charge in [0, 0.05) is 11.9 Å². The average Bonchev–Trinajstić information content (AvgIpc) is 2.34. The largest absolute Gasteiger partial charge is 0.250 e. The van der Waals surface area contributed by atoms with E-state index in [9.17, 15) is 0 Å². The molecule has 1 aromatic heterocycles. The fourth-order valence-corrected chi connectivity index (χ4v) is 2.35. The minimum Gasteiger partial charge on any atom is -0.250 e. The lowest BCUT2D eigenvalue weighted by Crippen LogP contribution is -1.88. The Morgan fingerprint density at radius 3 is 3.40 bits per heavy atom. The molecule has 0 aliphatic carbocycles. The molecular weight excluding hydrogens is 142 g/mol. The second-order valence-electron chi connectivity index (χ2n) is 2.61. The molecule has 0 aromatic carbocycles. The normalized spacial score (nSPS) is 22.7. The van der Waals surface area contributed by atoms with Gasteiger partial charge in [0.15, 0.2) is 0 Å². The van der Waals surface area contributed by atoms with E-state index in [1.54, 1.807) is 0 Å². The first-order chi connectivity index (χ1) is 4.88. The van der Waals surface area contributed by atoms with Crippen molar-refractivity contribution in [2.75, 3.05) is 5.75 Å². The summed E-state index contributed by atoms with van der Waals surface area (Å²) < 4.78 is 0. The highest BCUT2D eigenvalue weighted by atomic mass is 32.2. The predicted octanol–water partition coefficient (Wildman–Crippen LogP) is 2.29. The van der Waals surface area contributed by atoms with Gasteiger partial charge in [0.05, 0.1) is 5.03 Å². The van der Waals surface area contributed by atoms with E-state index in [1.807, 2.05) is 24.0 Å². The van der Waals surface area contributed by atoms with Crippen molar-refractivity contribution in [1.82, 2.24) is 4.98 Å². The molecule has 0 saturated carbocycles. The number of hydrogen-bond acceptors (Lipinski definition) is 2. The van der Waals surface area contributed by atoms with E-state index in [-0.39, 0.29) is 0 Å². The summed E-state index contributed by atoms with van der Waals surface area (Å²) >= 11 is 1.86. The van der Waals surface area contributed by atoms with E-state index in [2.05, 4.69) is 18.0 Å². The van der Waals surface area contributed by atoms with Gasteiger partial charge in [0.1, 0.15) is 0 Å². The van der Waals surface area contributed by atoms with Crippen LogP contribution in [0.3, 0.4) is 0 Å². The molecule has 1 nitrogen and oxygen atoms in total. The van der Waals surface area contributed by atoms with E-state index in [0.29, 0.717) is 5.92 Å². The van der Waals surface area contributed by atoms with Crippen LogP contribution in [0.5, 0.6) is 0 Å². The molecule has 0 N–H and O–H groups in total. The molecule has 1 aliphatic rings. The monoisotopic (exact) mass is 151 g/mol. The van der Waals surface area contributed by atoms with Gasteiger partial charge in [-0.1, -0.05) is 13.0 Å². The number of nitrogens with zero attached hydrogens (tertiary/aromatic N) is 1. The number of rotatable bonds is 0. The third kappa shape index (κ3) is 0.833. The topological polar surface area (TPSA) is 12.9 Å². The molecule has 52 valence electrons. The minimum atomic E-state index is 0.702.